The van der Waals surface area contributed by atoms with Crippen LogP contribution in [0.25, 0.3) is 4.85 Å². The van der Waals surface area contributed by atoms with E-state index in [9.17, 15) is 9.18 Å². The van der Waals surface area contributed by atoms with Gasteiger partial charge in [0, 0.05) is 49.3 Å². The predicted octanol–water partition coefficient (Wildman–Crippen LogP) is 3.99. The second-order valence-corrected chi connectivity index (χ2v) is 8.22. The van der Waals surface area contributed by atoms with Crippen LogP contribution in [-0.4, -0.2) is 48.6 Å². The number of benzene rings is 1. The van der Waals surface area contributed by atoms with Crippen LogP contribution in [0.3, 0.4) is 0 Å². The average molecular weight is 408 g/mol. The first-order valence-electron chi connectivity index (χ1n) is 10.1. The Morgan fingerprint density at radius 1 is 1.27 bits per heavy atom. The van der Waals surface area contributed by atoms with Crippen molar-refractivity contribution >= 4 is 17.4 Å². The zero-order valence-corrected chi connectivity index (χ0v) is 17.6. The van der Waals surface area contributed by atoms with Gasteiger partial charge < -0.3 is 14.5 Å². The highest BCUT2D eigenvalue weighted by Gasteiger charge is 2.47. The molecule has 30 heavy (non-hydrogen) atoms. The van der Waals surface area contributed by atoms with Crippen LogP contribution in [0.4, 0.5) is 15.9 Å². The number of carbonyl (C=O) groups excluding carboxylic acids is 1. The fraction of sp³-hybridized carbons (Fsp3) is 0.435. The zero-order valence-electron chi connectivity index (χ0n) is 17.6. The van der Waals surface area contributed by atoms with Gasteiger partial charge in [-0.1, -0.05) is 0 Å². The summed E-state index contributed by atoms with van der Waals surface area (Å²) in [5, 5.41) is 0. The summed E-state index contributed by atoms with van der Waals surface area (Å²) in [4.78, 5) is 25.3. The summed E-state index contributed by atoms with van der Waals surface area (Å²) in [5.41, 5.74) is 2.38. The monoisotopic (exact) mass is 408 g/mol. The molecule has 0 spiro atoms. The van der Waals surface area contributed by atoms with Crippen LogP contribution < -0.4 is 9.64 Å². The third kappa shape index (κ3) is 3.26. The normalized spacial score (nSPS) is 22.7. The van der Waals surface area contributed by atoms with Gasteiger partial charge in [-0.25, -0.2) is 14.2 Å². The Kier molecular flexibility index (Phi) is 5.10. The number of amides is 1. The summed E-state index contributed by atoms with van der Waals surface area (Å²) in [6.45, 7) is 15.4. The third-order valence-corrected chi connectivity index (χ3v) is 6.48. The fourth-order valence-electron chi connectivity index (χ4n) is 4.83. The molecular weight excluding hydrogens is 383 g/mol. The van der Waals surface area contributed by atoms with Gasteiger partial charge in [-0.2, -0.15) is 0 Å². The number of hydrogen-bond donors (Lipinski definition) is 0. The summed E-state index contributed by atoms with van der Waals surface area (Å²) in [6, 6.07) is 6.35. The summed E-state index contributed by atoms with van der Waals surface area (Å²) in [5.74, 6) is 1.08. The molecule has 3 atom stereocenters. The Balaban J connectivity index is 1.50. The van der Waals surface area contributed by atoms with Crippen molar-refractivity contribution in [3.05, 3.63) is 58.3 Å². The SMILES string of the molecule is [C-]#[N+]c1c(C)cc(N2CC3CN(C(=O)c4ccc(OC)cc4F)C(C)C3C2)nc1C. The van der Waals surface area contributed by atoms with Crippen LogP contribution in [0.5, 0.6) is 5.75 Å². The molecule has 3 unspecified atom stereocenters. The minimum atomic E-state index is -0.555. The first kappa shape index (κ1) is 20.1. The number of hydrogen-bond acceptors (Lipinski definition) is 4. The van der Waals surface area contributed by atoms with Crippen molar-refractivity contribution in [3.63, 3.8) is 0 Å². The van der Waals surface area contributed by atoms with Crippen LogP contribution >= 0.6 is 0 Å². The molecule has 1 amide bonds. The lowest BCUT2D eigenvalue weighted by molar-refractivity contribution is 0.0725. The molecule has 6 nitrogen and oxygen atoms in total. The average Bonchev–Trinajstić information content (AvgIpc) is 3.26. The van der Waals surface area contributed by atoms with Gasteiger partial charge in [0.15, 0.2) is 0 Å². The quantitative estimate of drug-likeness (QED) is 0.721. The molecular formula is C23H25FN4O2. The van der Waals surface area contributed by atoms with Crippen molar-refractivity contribution in [1.29, 1.82) is 0 Å². The topological polar surface area (TPSA) is 50.0 Å². The molecule has 0 N–H and O–H groups in total. The van der Waals surface area contributed by atoms with Gasteiger partial charge in [-0.3, -0.25) is 4.79 Å². The summed E-state index contributed by atoms with van der Waals surface area (Å²) >= 11 is 0. The Morgan fingerprint density at radius 2 is 2.03 bits per heavy atom. The van der Waals surface area contributed by atoms with Crippen molar-refractivity contribution < 1.29 is 13.9 Å². The minimum Gasteiger partial charge on any atom is -0.497 e. The lowest BCUT2D eigenvalue weighted by Crippen LogP contribution is -2.39. The molecule has 0 bridgehead atoms. The molecule has 2 fully saturated rings. The van der Waals surface area contributed by atoms with Gasteiger partial charge in [0.25, 0.3) is 5.91 Å². The Labute approximate surface area is 176 Å². The number of likely N-dealkylation sites (tertiary alicyclic amines) is 1. The third-order valence-electron chi connectivity index (χ3n) is 6.48. The number of rotatable bonds is 3. The lowest BCUT2D eigenvalue weighted by Gasteiger charge is -2.28. The van der Waals surface area contributed by atoms with Gasteiger partial charge in [0.2, 0.25) is 5.69 Å². The number of carbonyl (C=O) groups is 1. The summed E-state index contributed by atoms with van der Waals surface area (Å²) < 4.78 is 19.4. The Morgan fingerprint density at radius 3 is 2.63 bits per heavy atom. The number of nitrogens with zero attached hydrogens (tertiary/aromatic N) is 4. The molecule has 4 rings (SSSR count). The van der Waals surface area contributed by atoms with Crippen LogP contribution in [0.1, 0.15) is 28.5 Å². The van der Waals surface area contributed by atoms with Gasteiger partial charge in [0.05, 0.1) is 19.2 Å². The van der Waals surface area contributed by atoms with E-state index >= 15 is 0 Å². The smallest absolute Gasteiger partial charge is 0.257 e. The molecule has 156 valence electrons. The largest absolute Gasteiger partial charge is 0.497 e. The second kappa shape index (κ2) is 7.60. The minimum absolute atomic E-state index is 0.0127. The Hall–Kier alpha value is -3.14. The van der Waals surface area contributed by atoms with Gasteiger partial charge in [-0.15, -0.1) is 0 Å². The number of aryl methyl sites for hydroxylation is 2. The van der Waals surface area contributed by atoms with E-state index in [4.69, 9.17) is 11.3 Å². The van der Waals surface area contributed by atoms with Crippen molar-refractivity contribution in [2.24, 2.45) is 11.8 Å². The van der Waals surface area contributed by atoms with Crippen LogP contribution in [0.15, 0.2) is 24.3 Å². The van der Waals surface area contributed by atoms with E-state index in [1.165, 1.54) is 19.2 Å². The molecule has 2 saturated heterocycles. The number of fused-ring (bicyclic) bond motifs is 1. The fourth-order valence-corrected chi connectivity index (χ4v) is 4.83. The lowest BCUT2D eigenvalue weighted by atomic mass is 9.95. The number of halogens is 1. The second-order valence-electron chi connectivity index (χ2n) is 8.22. The van der Waals surface area contributed by atoms with E-state index in [0.29, 0.717) is 29.8 Å². The summed E-state index contributed by atoms with van der Waals surface area (Å²) in [6.07, 6.45) is 0. The highest BCUT2D eigenvalue weighted by atomic mass is 19.1. The van der Waals surface area contributed by atoms with Crippen LogP contribution in [0, 0.1) is 38.1 Å². The zero-order chi connectivity index (χ0) is 21.6. The molecule has 1 aromatic carbocycles. The number of aromatic nitrogens is 1. The number of ether oxygens (including phenoxy) is 1. The molecule has 0 aliphatic carbocycles. The molecule has 3 heterocycles. The molecule has 7 heteroatoms. The standard InChI is InChI=1S/C23H25FN4O2/c1-13-8-21(26-14(2)22(13)25-4)27-10-16-11-28(15(3)19(16)12-27)23(29)18-7-6-17(30-5)9-20(18)24/h6-9,15-16,19H,10-12H2,1-3,5H3. The van der Waals surface area contributed by atoms with Crippen molar-refractivity contribution in [2.45, 2.75) is 26.8 Å². The predicted molar refractivity (Wildman–Crippen MR) is 113 cm³/mol. The van der Waals surface area contributed by atoms with Crippen molar-refractivity contribution in [3.8, 4) is 5.75 Å². The van der Waals surface area contributed by atoms with E-state index in [-0.39, 0.29) is 17.5 Å². The van der Waals surface area contributed by atoms with E-state index < -0.39 is 5.82 Å². The van der Waals surface area contributed by atoms with E-state index in [0.717, 1.165) is 30.2 Å². The summed E-state index contributed by atoms with van der Waals surface area (Å²) in [7, 11) is 1.47. The van der Waals surface area contributed by atoms with E-state index in [2.05, 4.69) is 14.7 Å². The maximum absolute atomic E-state index is 14.4. The molecule has 2 aliphatic rings. The van der Waals surface area contributed by atoms with Crippen LogP contribution in [0.2, 0.25) is 0 Å². The van der Waals surface area contributed by atoms with Gasteiger partial charge in [0.1, 0.15) is 17.4 Å². The van der Waals surface area contributed by atoms with Crippen molar-refractivity contribution in [2.75, 3.05) is 31.6 Å². The maximum atomic E-state index is 14.4. The maximum Gasteiger partial charge on any atom is 0.257 e. The van der Waals surface area contributed by atoms with Gasteiger partial charge >= 0.3 is 0 Å². The number of pyridine rings is 1. The first-order chi connectivity index (χ1) is 14.3. The highest BCUT2D eigenvalue weighted by Crippen LogP contribution is 2.39. The highest BCUT2D eigenvalue weighted by molar-refractivity contribution is 5.95. The van der Waals surface area contributed by atoms with Crippen molar-refractivity contribution in [1.82, 2.24) is 9.88 Å². The molecule has 2 aromatic rings. The van der Waals surface area contributed by atoms with E-state index in [1.54, 1.807) is 11.0 Å². The number of anilines is 1. The molecule has 0 radical (unpaired) electrons. The molecule has 0 saturated carbocycles. The van der Waals surface area contributed by atoms with E-state index in [1.807, 2.05) is 26.8 Å². The molecule has 2 aliphatic heterocycles. The molecule has 1 aromatic heterocycles. The first-order valence-corrected chi connectivity index (χ1v) is 10.1. The van der Waals surface area contributed by atoms with Gasteiger partial charge in [-0.05, 0) is 44.5 Å². The van der Waals surface area contributed by atoms with Crippen LogP contribution in [-0.2, 0) is 0 Å². The Bertz CT molecular complexity index is 1020. The number of methoxy groups -OCH3 is 1.